The average Bonchev–Trinajstić information content (AvgIpc) is 2.57. The molecule has 0 amide bonds. The molecule has 4 nitrogen and oxygen atoms in total. The monoisotopic (exact) mass is 252 g/mol. The maximum Gasteiger partial charge on any atom is 0.304 e. The first-order chi connectivity index (χ1) is 8.37. The lowest BCUT2D eigenvalue weighted by atomic mass is 9.93. The van der Waals surface area contributed by atoms with Gasteiger partial charge in [-0.05, 0) is 30.0 Å². The SMILES string of the molecule is CC1(C)CCN(Cc2ccc([N+](=O)[O-])c(F)c2)C1. The Morgan fingerprint density at radius 3 is 2.72 bits per heavy atom. The summed E-state index contributed by atoms with van der Waals surface area (Å²) in [5.74, 6) is -0.754. The van der Waals surface area contributed by atoms with Crippen LogP contribution in [0, 0.1) is 21.3 Å². The van der Waals surface area contributed by atoms with Crippen molar-refractivity contribution in [3.8, 4) is 0 Å². The van der Waals surface area contributed by atoms with Gasteiger partial charge in [0, 0.05) is 19.2 Å². The van der Waals surface area contributed by atoms with Crippen molar-refractivity contribution in [2.75, 3.05) is 13.1 Å². The molecule has 5 heteroatoms. The van der Waals surface area contributed by atoms with E-state index in [2.05, 4.69) is 18.7 Å². The molecule has 0 saturated carbocycles. The molecule has 0 unspecified atom stereocenters. The highest BCUT2D eigenvalue weighted by atomic mass is 19.1. The molecule has 0 atom stereocenters. The third-order valence-corrected chi connectivity index (χ3v) is 3.37. The Labute approximate surface area is 106 Å². The molecule has 0 N–H and O–H groups in total. The summed E-state index contributed by atoms with van der Waals surface area (Å²) >= 11 is 0. The predicted molar refractivity (Wildman–Crippen MR) is 66.7 cm³/mol. The van der Waals surface area contributed by atoms with Gasteiger partial charge in [0.15, 0.2) is 0 Å². The minimum Gasteiger partial charge on any atom is -0.299 e. The first-order valence-electron chi connectivity index (χ1n) is 6.03. The van der Waals surface area contributed by atoms with Crippen molar-refractivity contribution in [1.82, 2.24) is 4.90 Å². The van der Waals surface area contributed by atoms with Crippen molar-refractivity contribution in [3.05, 3.63) is 39.7 Å². The molecule has 0 radical (unpaired) electrons. The topological polar surface area (TPSA) is 46.4 Å². The van der Waals surface area contributed by atoms with Crippen molar-refractivity contribution in [1.29, 1.82) is 0 Å². The first-order valence-corrected chi connectivity index (χ1v) is 6.03. The van der Waals surface area contributed by atoms with E-state index in [0.29, 0.717) is 12.0 Å². The Morgan fingerprint density at radius 2 is 2.22 bits per heavy atom. The molecule has 1 fully saturated rings. The van der Waals surface area contributed by atoms with E-state index in [9.17, 15) is 14.5 Å². The molecular formula is C13H17FN2O2. The fraction of sp³-hybridized carbons (Fsp3) is 0.538. The summed E-state index contributed by atoms with van der Waals surface area (Å²) in [6, 6.07) is 4.14. The van der Waals surface area contributed by atoms with E-state index in [4.69, 9.17) is 0 Å². The molecule has 0 aromatic heterocycles. The zero-order chi connectivity index (χ0) is 13.3. The molecule has 1 aromatic rings. The fourth-order valence-electron chi connectivity index (χ4n) is 2.41. The molecule has 1 aliphatic heterocycles. The lowest BCUT2D eigenvalue weighted by Crippen LogP contribution is -2.22. The highest BCUT2D eigenvalue weighted by Gasteiger charge is 2.29. The Morgan fingerprint density at radius 1 is 1.50 bits per heavy atom. The zero-order valence-electron chi connectivity index (χ0n) is 10.6. The Kier molecular flexibility index (Phi) is 3.34. The molecule has 1 aliphatic rings. The molecule has 0 bridgehead atoms. The Bertz CT molecular complexity index is 474. The number of hydrogen-bond acceptors (Lipinski definition) is 3. The van der Waals surface area contributed by atoms with Gasteiger partial charge in [-0.2, -0.15) is 4.39 Å². The highest BCUT2D eigenvalue weighted by Crippen LogP contribution is 2.30. The van der Waals surface area contributed by atoms with Crippen molar-refractivity contribution >= 4 is 5.69 Å². The fourth-order valence-corrected chi connectivity index (χ4v) is 2.41. The minimum atomic E-state index is -0.754. The molecule has 0 aliphatic carbocycles. The summed E-state index contributed by atoms with van der Waals surface area (Å²) in [5.41, 5.74) is 0.635. The number of halogens is 1. The van der Waals surface area contributed by atoms with Gasteiger partial charge in [0.25, 0.3) is 0 Å². The molecule has 0 spiro atoms. The number of nitro groups is 1. The van der Waals surface area contributed by atoms with Crippen LogP contribution in [-0.4, -0.2) is 22.9 Å². The molecule has 98 valence electrons. The first kappa shape index (κ1) is 13.0. The smallest absolute Gasteiger partial charge is 0.299 e. The Hall–Kier alpha value is -1.49. The minimum absolute atomic E-state index is 0.305. The van der Waals surface area contributed by atoms with Crippen LogP contribution < -0.4 is 0 Å². The van der Waals surface area contributed by atoms with Crippen LogP contribution >= 0.6 is 0 Å². The molecule has 2 rings (SSSR count). The summed E-state index contributed by atoms with van der Waals surface area (Å²) in [5, 5.41) is 10.5. The van der Waals surface area contributed by atoms with E-state index in [1.54, 1.807) is 6.07 Å². The van der Waals surface area contributed by atoms with Crippen LogP contribution in [0.5, 0.6) is 0 Å². The maximum atomic E-state index is 13.5. The van der Waals surface area contributed by atoms with Crippen LogP contribution in [-0.2, 0) is 6.54 Å². The van der Waals surface area contributed by atoms with Crippen LogP contribution in [0.3, 0.4) is 0 Å². The van der Waals surface area contributed by atoms with Crippen molar-refractivity contribution in [2.24, 2.45) is 5.41 Å². The summed E-state index contributed by atoms with van der Waals surface area (Å²) in [6.45, 7) is 7.04. The second kappa shape index (κ2) is 4.65. The lowest BCUT2D eigenvalue weighted by Gasteiger charge is -2.19. The lowest BCUT2D eigenvalue weighted by molar-refractivity contribution is -0.387. The zero-order valence-corrected chi connectivity index (χ0v) is 10.6. The van der Waals surface area contributed by atoms with Crippen LogP contribution in [0.1, 0.15) is 25.8 Å². The van der Waals surface area contributed by atoms with Gasteiger partial charge in [0.2, 0.25) is 5.82 Å². The largest absolute Gasteiger partial charge is 0.304 e. The van der Waals surface area contributed by atoms with Gasteiger partial charge in [-0.1, -0.05) is 19.9 Å². The number of likely N-dealkylation sites (tertiary alicyclic amines) is 1. The third kappa shape index (κ3) is 2.85. The third-order valence-electron chi connectivity index (χ3n) is 3.37. The summed E-state index contributed by atoms with van der Waals surface area (Å²) in [4.78, 5) is 12.1. The number of rotatable bonds is 3. The van der Waals surface area contributed by atoms with E-state index in [1.165, 1.54) is 12.1 Å². The van der Waals surface area contributed by atoms with Crippen molar-refractivity contribution < 1.29 is 9.31 Å². The predicted octanol–water partition coefficient (Wildman–Crippen LogP) is 2.97. The maximum absolute atomic E-state index is 13.5. The molecule has 18 heavy (non-hydrogen) atoms. The van der Waals surface area contributed by atoms with E-state index >= 15 is 0 Å². The van der Waals surface area contributed by atoms with Crippen molar-refractivity contribution in [3.63, 3.8) is 0 Å². The van der Waals surface area contributed by atoms with Gasteiger partial charge >= 0.3 is 5.69 Å². The van der Waals surface area contributed by atoms with E-state index < -0.39 is 16.4 Å². The van der Waals surface area contributed by atoms with Crippen molar-refractivity contribution in [2.45, 2.75) is 26.8 Å². The molecule has 1 aromatic carbocycles. The van der Waals surface area contributed by atoms with Crippen LogP contribution in [0.4, 0.5) is 10.1 Å². The molecule has 1 heterocycles. The van der Waals surface area contributed by atoms with Crippen LogP contribution in [0.15, 0.2) is 18.2 Å². The van der Waals surface area contributed by atoms with Gasteiger partial charge in [-0.25, -0.2) is 0 Å². The van der Waals surface area contributed by atoms with Gasteiger partial charge in [-0.3, -0.25) is 15.0 Å². The second-order valence-electron chi connectivity index (χ2n) is 5.67. The highest BCUT2D eigenvalue weighted by molar-refractivity contribution is 5.35. The number of nitro benzene ring substituents is 1. The van der Waals surface area contributed by atoms with Gasteiger partial charge in [0.1, 0.15) is 0 Å². The quantitative estimate of drug-likeness (QED) is 0.613. The van der Waals surface area contributed by atoms with Crippen LogP contribution in [0.2, 0.25) is 0 Å². The normalized spacial score (nSPS) is 19.1. The number of benzene rings is 1. The van der Waals surface area contributed by atoms with Gasteiger partial charge in [0.05, 0.1) is 4.92 Å². The average molecular weight is 252 g/mol. The summed E-state index contributed by atoms with van der Waals surface area (Å²) in [7, 11) is 0. The van der Waals surface area contributed by atoms with Gasteiger partial charge < -0.3 is 0 Å². The van der Waals surface area contributed by atoms with E-state index in [-0.39, 0.29) is 0 Å². The van der Waals surface area contributed by atoms with E-state index in [0.717, 1.165) is 25.1 Å². The summed E-state index contributed by atoms with van der Waals surface area (Å²) in [6.07, 6.45) is 1.13. The molecular weight excluding hydrogens is 235 g/mol. The number of nitrogens with zero attached hydrogens (tertiary/aromatic N) is 2. The standard InChI is InChI=1S/C13H17FN2O2/c1-13(2)5-6-15(9-13)8-10-3-4-12(16(17)18)11(14)7-10/h3-4,7H,5-6,8-9H2,1-2H3. The van der Waals surface area contributed by atoms with Crippen LogP contribution in [0.25, 0.3) is 0 Å². The molecule has 1 saturated heterocycles. The second-order valence-corrected chi connectivity index (χ2v) is 5.67. The van der Waals surface area contributed by atoms with Gasteiger partial charge in [-0.15, -0.1) is 0 Å². The number of hydrogen-bond donors (Lipinski definition) is 0. The summed E-state index contributed by atoms with van der Waals surface area (Å²) < 4.78 is 13.5. The van der Waals surface area contributed by atoms with E-state index in [1.807, 2.05) is 0 Å². The Balaban J connectivity index is 2.07.